The van der Waals surface area contributed by atoms with Crippen LogP contribution in [-0.2, 0) is 4.79 Å². The molecule has 4 rings (SSSR count). The van der Waals surface area contributed by atoms with E-state index in [0.29, 0.717) is 38.5 Å². The van der Waals surface area contributed by atoms with Crippen molar-refractivity contribution in [3.63, 3.8) is 0 Å². The highest BCUT2D eigenvalue weighted by molar-refractivity contribution is 5.83. The van der Waals surface area contributed by atoms with Crippen molar-refractivity contribution < 1.29 is 56.0 Å². The van der Waals surface area contributed by atoms with Crippen molar-refractivity contribution in [3.8, 4) is 0 Å². The van der Waals surface area contributed by atoms with Gasteiger partial charge in [-0.2, -0.15) is 30.7 Å². The molecule has 0 aromatic heterocycles. The molecule has 39 heavy (non-hydrogen) atoms. The monoisotopic (exact) mass is 576 g/mol. The van der Waals surface area contributed by atoms with E-state index in [-0.39, 0.29) is 41.8 Å². The van der Waals surface area contributed by atoms with Crippen LogP contribution in [0, 0.1) is 46.3 Å². The van der Waals surface area contributed by atoms with Crippen molar-refractivity contribution in [2.24, 2.45) is 46.3 Å². The Kier molecular flexibility index (Phi) is 7.78. The van der Waals surface area contributed by atoms with E-state index < -0.39 is 65.6 Å². The molecule has 0 saturated heterocycles. The zero-order valence-corrected chi connectivity index (χ0v) is 22.3. The molecular weight excluding hydrogens is 537 g/mol. The maximum absolute atomic E-state index is 13.9. The summed E-state index contributed by atoms with van der Waals surface area (Å²) in [6.07, 6.45) is -11.8. The predicted octanol–water partition coefficient (Wildman–Crippen LogP) is 4.74. The van der Waals surface area contributed by atoms with E-state index in [1.807, 2.05) is 13.8 Å². The molecule has 0 bridgehead atoms. The lowest BCUT2D eigenvalue weighted by Crippen LogP contribution is -2.59. The third-order valence-corrected chi connectivity index (χ3v) is 11.4. The zero-order chi connectivity index (χ0) is 29.5. The number of hydrogen-bond acceptors (Lipinski definition) is 5. The molecule has 0 aromatic rings. The maximum atomic E-state index is 13.9. The molecular formula is C27H39F7O5. The number of halogens is 7. The Morgan fingerprint density at radius 3 is 2.10 bits per heavy atom. The van der Waals surface area contributed by atoms with Gasteiger partial charge in [0.25, 0.3) is 0 Å². The fraction of sp³-hybridized carbons (Fsp3) is 0.963. The van der Waals surface area contributed by atoms with Crippen molar-refractivity contribution in [1.82, 2.24) is 0 Å². The van der Waals surface area contributed by atoms with E-state index in [4.69, 9.17) is 0 Å². The molecule has 0 aromatic carbocycles. The fourth-order valence-corrected chi connectivity index (χ4v) is 9.28. The molecule has 5 nitrogen and oxygen atoms in total. The smallest absolute Gasteiger partial charge is 0.390 e. The summed E-state index contributed by atoms with van der Waals surface area (Å²) in [5, 5.41) is 41.5. The molecule has 0 radical (unpaired) electrons. The minimum Gasteiger partial charge on any atom is -0.390 e. The molecule has 0 heterocycles. The summed E-state index contributed by atoms with van der Waals surface area (Å²) in [6, 6.07) is 0. The number of alkyl halides is 7. The van der Waals surface area contributed by atoms with E-state index in [9.17, 15) is 56.0 Å². The Balaban J connectivity index is 1.51. The van der Waals surface area contributed by atoms with Gasteiger partial charge in [0.15, 0.2) is 0 Å². The van der Waals surface area contributed by atoms with Gasteiger partial charge in [0.2, 0.25) is 0 Å². The predicted molar refractivity (Wildman–Crippen MR) is 125 cm³/mol. The van der Waals surface area contributed by atoms with Gasteiger partial charge in [-0.25, -0.2) is 0 Å². The summed E-state index contributed by atoms with van der Waals surface area (Å²) in [6.45, 7) is 5.46. The van der Waals surface area contributed by atoms with E-state index in [1.165, 1.54) is 6.92 Å². The van der Waals surface area contributed by atoms with Crippen LogP contribution < -0.4 is 0 Å². The van der Waals surface area contributed by atoms with Crippen LogP contribution in [0.15, 0.2) is 0 Å². The lowest BCUT2D eigenvalue weighted by Gasteiger charge is -2.61. The Morgan fingerprint density at radius 2 is 1.51 bits per heavy atom. The molecule has 0 aliphatic heterocycles. The van der Waals surface area contributed by atoms with Gasteiger partial charge in [0, 0.05) is 18.8 Å². The number of hydrogen-bond donors (Lipinski definition) is 4. The number of ketones is 1. The quantitative estimate of drug-likeness (QED) is 0.343. The SMILES string of the molecule is CC(C(O)C(O)CC(F)(F)C(F)(F)C(F)(F)F)C1CCC2C3CC(=O)C4CC(O)C(O)CC4(C)C3CCC12C. The molecule has 226 valence electrons. The number of rotatable bonds is 6. The first-order valence-electron chi connectivity index (χ1n) is 13.8. The molecule has 4 fully saturated rings. The average Bonchev–Trinajstić information content (AvgIpc) is 3.16. The van der Waals surface area contributed by atoms with Crippen LogP contribution >= 0.6 is 0 Å². The molecule has 12 unspecified atom stereocenters. The highest BCUT2D eigenvalue weighted by atomic mass is 19.4. The van der Waals surface area contributed by atoms with Gasteiger partial charge in [-0.05, 0) is 78.9 Å². The van der Waals surface area contributed by atoms with Gasteiger partial charge in [-0.15, -0.1) is 0 Å². The van der Waals surface area contributed by atoms with Crippen molar-refractivity contribution in [3.05, 3.63) is 0 Å². The van der Waals surface area contributed by atoms with Crippen molar-refractivity contribution in [1.29, 1.82) is 0 Å². The van der Waals surface area contributed by atoms with Crippen molar-refractivity contribution in [2.75, 3.05) is 0 Å². The summed E-state index contributed by atoms with van der Waals surface area (Å²) >= 11 is 0. The minimum atomic E-state index is -6.52. The van der Waals surface area contributed by atoms with E-state index in [1.54, 1.807) is 0 Å². The molecule has 4 aliphatic rings. The van der Waals surface area contributed by atoms with Crippen molar-refractivity contribution >= 4 is 5.78 Å². The summed E-state index contributed by atoms with van der Waals surface area (Å²) in [5.74, 6) is -13.4. The summed E-state index contributed by atoms with van der Waals surface area (Å²) < 4.78 is 92.2. The second-order valence-electron chi connectivity index (χ2n) is 13.3. The number of Topliss-reactive ketones (excluding diaryl/α,β-unsaturated/α-hetero) is 1. The number of aliphatic hydroxyl groups excluding tert-OH is 4. The van der Waals surface area contributed by atoms with Gasteiger partial charge in [-0.3, -0.25) is 4.79 Å². The van der Waals surface area contributed by atoms with Crippen LogP contribution in [0.2, 0.25) is 0 Å². The molecule has 0 spiro atoms. The number of carbonyl (C=O) groups excluding carboxylic acids is 1. The topological polar surface area (TPSA) is 98.0 Å². The molecule has 4 saturated carbocycles. The molecule has 12 atom stereocenters. The van der Waals surface area contributed by atoms with Crippen LogP contribution in [0.1, 0.15) is 72.1 Å². The van der Waals surface area contributed by atoms with Gasteiger partial charge < -0.3 is 20.4 Å². The summed E-state index contributed by atoms with van der Waals surface area (Å²) in [5.41, 5.74) is -0.968. The highest BCUT2D eigenvalue weighted by Gasteiger charge is 2.73. The normalized spacial score (nSPS) is 43.7. The Hall–Kier alpha value is -0.980. The minimum absolute atomic E-state index is 0.00904. The number of carbonyl (C=O) groups is 1. The first-order valence-corrected chi connectivity index (χ1v) is 13.8. The zero-order valence-electron chi connectivity index (χ0n) is 22.3. The molecule has 4 N–H and O–H groups in total. The molecule has 0 amide bonds. The van der Waals surface area contributed by atoms with Gasteiger partial charge in [0.05, 0.1) is 24.4 Å². The second kappa shape index (κ2) is 9.80. The highest BCUT2D eigenvalue weighted by Crippen LogP contribution is 2.68. The van der Waals surface area contributed by atoms with E-state index >= 15 is 0 Å². The number of aliphatic hydroxyl groups is 4. The Labute approximate surface area is 223 Å². The first kappa shape index (κ1) is 31.0. The lowest BCUT2D eigenvalue weighted by molar-refractivity contribution is -0.359. The third kappa shape index (κ3) is 4.73. The third-order valence-electron chi connectivity index (χ3n) is 11.4. The summed E-state index contributed by atoms with van der Waals surface area (Å²) in [4.78, 5) is 13.3. The maximum Gasteiger partial charge on any atom is 0.459 e. The molecule has 4 aliphatic carbocycles. The second-order valence-corrected chi connectivity index (χ2v) is 13.3. The standard InChI is InChI=1S/C27H39F7O5/c1-12(22(39)21(38)11-25(28,29)26(30,31)27(32,33)34)14-4-5-15-13-8-18(35)17-9-19(36)20(37)10-24(17,3)16(13)6-7-23(14,15)2/h12-17,19-22,36-39H,4-11H2,1-3H3. The van der Waals surface area contributed by atoms with Crippen LogP contribution in [-0.4, -0.2) is 68.6 Å². The van der Waals surface area contributed by atoms with Gasteiger partial charge in [0.1, 0.15) is 5.78 Å². The Morgan fingerprint density at radius 1 is 0.923 bits per heavy atom. The first-order chi connectivity index (χ1) is 17.7. The van der Waals surface area contributed by atoms with Crippen LogP contribution in [0.25, 0.3) is 0 Å². The fourth-order valence-electron chi connectivity index (χ4n) is 9.28. The number of fused-ring (bicyclic) bond motifs is 5. The van der Waals surface area contributed by atoms with Crippen LogP contribution in [0.3, 0.4) is 0 Å². The van der Waals surface area contributed by atoms with E-state index in [0.717, 1.165) is 0 Å². The van der Waals surface area contributed by atoms with Gasteiger partial charge >= 0.3 is 18.0 Å². The van der Waals surface area contributed by atoms with E-state index in [2.05, 4.69) is 0 Å². The lowest BCUT2D eigenvalue weighted by atomic mass is 9.44. The van der Waals surface area contributed by atoms with Gasteiger partial charge in [-0.1, -0.05) is 20.8 Å². The van der Waals surface area contributed by atoms with Crippen molar-refractivity contribution in [2.45, 2.75) is 115 Å². The largest absolute Gasteiger partial charge is 0.459 e. The molecule has 12 heteroatoms. The summed E-state index contributed by atoms with van der Waals surface area (Å²) in [7, 11) is 0. The Bertz CT molecular complexity index is 944. The van der Waals surface area contributed by atoms with Crippen LogP contribution in [0.4, 0.5) is 30.7 Å². The average molecular weight is 577 g/mol. The van der Waals surface area contributed by atoms with Crippen LogP contribution in [0.5, 0.6) is 0 Å².